The van der Waals surface area contributed by atoms with Crippen LogP contribution >= 0.6 is 0 Å². The van der Waals surface area contributed by atoms with Gasteiger partial charge in [-0.3, -0.25) is 10.00 Å². The largest absolute Gasteiger partial charge is 0.493 e. The first-order valence-electron chi connectivity index (χ1n) is 8.76. The second-order valence-corrected chi connectivity index (χ2v) is 6.54. The average Bonchev–Trinajstić information content (AvgIpc) is 3.31. The second-order valence-electron chi connectivity index (χ2n) is 6.54. The highest BCUT2D eigenvalue weighted by molar-refractivity contribution is 5.74. The molecular weight excluding hydrogens is 318 g/mol. The summed E-state index contributed by atoms with van der Waals surface area (Å²) in [5, 5.41) is 9.66. The average molecular weight is 341 g/mol. The Morgan fingerprint density at radius 2 is 2.12 bits per heavy atom. The Morgan fingerprint density at radius 1 is 1.24 bits per heavy atom. The highest BCUT2D eigenvalue weighted by atomic mass is 16.5. The van der Waals surface area contributed by atoms with Crippen molar-refractivity contribution in [2.45, 2.75) is 19.5 Å². The number of nitrogens with one attached hydrogen (secondary N) is 2. The number of carbonyl (C=O) groups is 1. The van der Waals surface area contributed by atoms with Gasteiger partial charge < -0.3 is 15.0 Å². The molecule has 0 radical (unpaired) electrons. The van der Waals surface area contributed by atoms with Crippen LogP contribution in [0.15, 0.2) is 30.5 Å². The molecule has 7 heteroatoms. The first-order valence-corrected chi connectivity index (χ1v) is 8.76. The SMILES string of the molecule is O=C(NCc1ccn[nH]1)N1CCN(Cc2ccc3c(c2)CCO3)CC1. The summed E-state index contributed by atoms with van der Waals surface area (Å²) in [7, 11) is 0. The van der Waals surface area contributed by atoms with Gasteiger partial charge in [0.1, 0.15) is 5.75 Å². The lowest BCUT2D eigenvalue weighted by Crippen LogP contribution is -2.51. The third kappa shape index (κ3) is 3.76. The van der Waals surface area contributed by atoms with E-state index in [1.807, 2.05) is 11.0 Å². The lowest BCUT2D eigenvalue weighted by molar-refractivity contribution is 0.135. The van der Waals surface area contributed by atoms with E-state index in [1.54, 1.807) is 6.20 Å². The lowest BCUT2D eigenvalue weighted by Gasteiger charge is -2.34. The number of benzene rings is 1. The second kappa shape index (κ2) is 7.14. The Hall–Kier alpha value is -2.54. The van der Waals surface area contributed by atoms with Crippen molar-refractivity contribution >= 4 is 6.03 Å². The van der Waals surface area contributed by atoms with E-state index in [0.29, 0.717) is 6.54 Å². The molecule has 0 saturated carbocycles. The highest BCUT2D eigenvalue weighted by Gasteiger charge is 2.21. The molecule has 0 atom stereocenters. The molecule has 2 N–H and O–H groups in total. The Morgan fingerprint density at radius 3 is 2.92 bits per heavy atom. The van der Waals surface area contributed by atoms with Gasteiger partial charge in [-0.1, -0.05) is 12.1 Å². The smallest absolute Gasteiger partial charge is 0.317 e. The van der Waals surface area contributed by atoms with Gasteiger partial charge in [0.05, 0.1) is 18.8 Å². The maximum absolute atomic E-state index is 12.2. The van der Waals surface area contributed by atoms with Crippen molar-refractivity contribution in [1.82, 2.24) is 25.3 Å². The standard InChI is InChI=1S/C18H23N5O2/c24-18(19-12-16-3-5-20-21-16)23-8-6-22(7-9-23)13-14-1-2-17-15(11-14)4-10-25-17/h1-3,5,11H,4,6-10,12-13H2,(H,19,24)(H,20,21). The van der Waals surface area contributed by atoms with Crippen LogP contribution in [0, 0.1) is 0 Å². The van der Waals surface area contributed by atoms with Gasteiger partial charge in [-0.15, -0.1) is 0 Å². The maximum Gasteiger partial charge on any atom is 0.317 e. The summed E-state index contributed by atoms with van der Waals surface area (Å²) in [6.45, 7) is 5.50. The number of rotatable bonds is 4. The minimum Gasteiger partial charge on any atom is -0.493 e. The van der Waals surface area contributed by atoms with Crippen LogP contribution in [0.4, 0.5) is 4.79 Å². The first kappa shape index (κ1) is 16.0. The molecule has 0 bridgehead atoms. The Balaban J connectivity index is 1.24. The molecule has 1 fully saturated rings. The first-order chi connectivity index (χ1) is 12.3. The molecule has 0 aliphatic carbocycles. The van der Waals surface area contributed by atoms with Crippen molar-refractivity contribution in [3.63, 3.8) is 0 Å². The van der Waals surface area contributed by atoms with E-state index in [0.717, 1.165) is 57.2 Å². The predicted octanol–water partition coefficient (Wildman–Crippen LogP) is 1.37. The number of urea groups is 1. The van der Waals surface area contributed by atoms with Crippen molar-refractivity contribution in [3.05, 3.63) is 47.3 Å². The molecule has 132 valence electrons. The highest BCUT2D eigenvalue weighted by Crippen LogP contribution is 2.26. The molecule has 1 aromatic carbocycles. The van der Waals surface area contributed by atoms with Gasteiger partial charge in [0.15, 0.2) is 0 Å². The van der Waals surface area contributed by atoms with Crippen LogP contribution < -0.4 is 10.1 Å². The van der Waals surface area contributed by atoms with E-state index < -0.39 is 0 Å². The summed E-state index contributed by atoms with van der Waals surface area (Å²) in [6, 6.07) is 8.33. The monoisotopic (exact) mass is 341 g/mol. The van der Waals surface area contributed by atoms with Crippen LogP contribution in [0.25, 0.3) is 0 Å². The van der Waals surface area contributed by atoms with Gasteiger partial charge in [0.2, 0.25) is 0 Å². The number of H-pyrrole nitrogens is 1. The number of amides is 2. The minimum absolute atomic E-state index is 0.0103. The number of aromatic nitrogens is 2. The molecular formula is C18H23N5O2. The van der Waals surface area contributed by atoms with Gasteiger partial charge >= 0.3 is 6.03 Å². The van der Waals surface area contributed by atoms with Crippen LogP contribution in [0.5, 0.6) is 5.75 Å². The maximum atomic E-state index is 12.2. The number of carbonyl (C=O) groups excluding carboxylic acids is 1. The molecule has 3 heterocycles. The van der Waals surface area contributed by atoms with Crippen LogP contribution in [-0.4, -0.2) is 58.8 Å². The lowest BCUT2D eigenvalue weighted by atomic mass is 10.1. The molecule has 2 aliphatic rings. The van der Waals surface area contributed by atoms with E-state index in [1.165, 1.54) is 11.1 Å². The number of ether oxygens (including phenoxy) is 1. The number of nitrogens with zero attached hydrogens (tertiary/aromatic N) is 3. The van der Waals surface area contributed by atoms with Crippen molar-refractivity contribution in [1.29, 1.82) is 0 Å². The fourth-order valence-corrected chi connectivity index (χ4v) is 3.37. The number of hydrogen-bond donors (Lipinski definition) is 2. The molecule has 1 saturated heterocycles. The normalized spacial score (nSPS) is 17.2. The third-order valence-electron chi connectivity index (χ3n) is 4.81. The summed E-state index contributed by atoms with van der Waals surface area (Å²) in [5.74, 6) is 1.03. The molecule has 2 amide bonds. The Bertz CT molecular complexity index is 723. The molecule has 1 aromatic heterocycles. The molecule has 7 nitrogen and oxygen atoms in total. The van der Waals surface area contributed by atoms with E-state index in [2.05, 4.69) is 38.6 Å². The van der Waals surface area contributed by atoms with Gasteiger partial charge in [0, 0.05) is 45.3 Å². The minimum atomic E-state index is -0.0103. The number of aromatic amines is 1. The molecule has 0 unspecified atom stereocenters. The van der Waals surface area contributed by atoms with Crippen molar-refractivity contribution < 1.29 is 9.53 Å². The molecule has 0 spiro atoms. The number of fused-ring (bicyclic) bond motifs is 1. The molecule has 2 aliphatic heterocycles. The predicted molar refractivity (Wildman–Crippen MR) is 93.3 cm³/mol. The fourth-order valence-electron chi connectivity index (χ4n) is 3.37. The Labute approximate surface area is 147 Å². The van der Waals surface area contributed by atoms with Gasteiger partial charge in [0.25, 0.3) is 0 Å². The van der Waals surface area contributed by atoms with Crippen molar-refractivity contribution in [2.24, 2.45) is 0 Å². The zero-order valence-corrected chi connectivity index (χ0v) is 14.2. The Kier molecular flexibility index (Phi) is 4.56. The van der Waals surface area contributed by atoms with E-state index in [-0.39, 0.29) is 6.03 Å². The topological polar surface area (TPSA) is 73.5 Å². The van der Waals surface area contributed by atoms with Crippen LogP contribution in [0.2, 0.25) is 0 Å². The fraction of sp³-hybridized carbons (Fsp3) is 0.444. The van der Waals surface area contributed by atoms with Crippen LogP contribution in [0.3, 0.4) is 0 Å². The zero-order valence-electron chi connectivity index (χ0n) is 14.2. The van der Waals surface area contributed by atoms with Crippen molar-refractivity contribution in [3.8, 4) is 5.75 Å². The zero-order chi connectivity index (χ0) is 17.1. The summed E-state index contributed by atoms with van der Waals surface area (Å²) in [4.78, 5) is 16.5. The van der Waals surface area contributed by atoms with E-state index in [4.69, 9.17) is 4.74 Å². The summed E-state index contributed by atoms with van der Waals surface area (Å²) in [5.41, 5.74) is 3.54. The van der Waals surface area contributed by atoms with Crippen LogP contribution in [-0.2, 0) is 19.5 Å². The van der Waals surface area contributed by atoms with Gasteiger partial charge in [-0.25, -0.2) is 4.79 Å². The molecule has 2 aromatic rings. The summed E-state index contributed by atoms with van der Waals surface area (Å²) < 4.78 is 5.56. The van der Waals surface area contributed by atoms with Crippen LogP contribution in [0.1, 0.15) is 16.8 Å². The van der Waals surface area contributed by atoms with Gasteiger partial charge in [-0.2, -0.15) is 5.10 Å². The summed E-state index contributed by atoms with van der Waals surface area (Å²) in [6.07, 6.45) is 2.69. The third-order valence-corrected chi connectivity index (χ3v) is 4.81. The molecule has 25 heavy (non-hydrogen) atoms. The van der Waals surface area contributed by atoms with E-state index in [9.17, 15) is 4.79 Å². The molecule has 4 rings (SSSR count). The van der Waals surface area contributed by atoms with Gasteiger partial charge in [-0.05, 0) is 23.3 Å². The number of hydrogen-bond acceptors (Lipinski definition) is 4. The van der Waals surface area contributed by atoms with Crippen molar-refractivity contribution in [2.75, 3.05) is 32.8 Å². The summed E-state index contributed by atoms with van der Waals surface area (Å²) >= 11 is 0. The van der Waals surface area contributed by atoms with E-state index >= 15 is 0 Å². The number of piperazine rings is 1. The quantitative estimate of drug-likeness (QED) is 0.881.